The Hall–Kier alpha value is -2.37. The van der Waals surface area contributed by atoms with Crippen molar-refractivity contribution in [3.63, 3.8) is 0 Å². The molecule has 0 spiro atoms. The van der Waals surface area contributed by atoms with Gasteiger partial charge >= 0.3 is 0 Å². The molecule has 0 N–H and O–H groups in total. The number of hydrogen-bond donors (Lipinski definition) is 0. The van der Waals surface area contributed by atoms with E-state index in [1.165, 1.54) is 11.3 Å². The molecule has 2 aromatic carbocycles. The molecule has 5 nitrogen and oxygen atoms in total. The number of nitrogens with zero attached hydrogens (tertiary/aromatic N) is 3. The fourth-order valence-electron chi connectivity index (χ4n) is 4.17. The van der Waals surface area contributed by atoms with E-state index in [-0.39, 0.29) is 0 Å². The zero-order chi connectivity index (χ0) is 19.9. The molecule has 0 radical (unpaired) electrons. The molecule has 1 fully saturated rings. The van der Waals surface area contributed by atoms with Crippen molar-refractivity contribution >= 4 is 11.0 Å². The second-order valence-corrected chi connectivity index (χ2v) is 7.58. The number of imidazole rings is 1. The van der Waals surface area contributed by atoms with Gasteiger partial charge in [0.05, 0.1) is 24.2 Å². The molecule has 3 aromatic rings. The second kappa shape index (κ2) is 9.90. The zero-order valence-electron chi connectivity index (χ0n) is 17.3. The minimum absolute atomic E-state index is 0.502. The molecule has 154 valence electrons. The topological polar surface area (TPSA) is 39.5 Å². The smallest absolute Gasteiger partial charge is 0.119 e. The van der Waals surface area contributed by atoms with Crippen molar-refractivity contribution in [1.82, 2.24) is 14.5 Å². The highest BCUT2D eigenvalue weighted by Gasteiger charge is 2.25. The number of aromatic nitrogens is 2. The molecule has 1 aliphatic rings. The van der Waals surface area contributed by atoms with Gasteiger partial charge in [0, 0.05) is 19.1 Å². The fourth-order valence-corrected chi connectivity index (χ4v) is 4.17. The molecule has 0 saturated carbocycles. The normalized spacial score (nSPS) is 15.8. The van der Waals surface area contributed by atoms with E-state index in [2.05, 4.69) is 40.7 Å². The van der Waals surface area contributed by atoms with Crippen LogP contribution in [0.15, 0.2) is 54.6 Å². The van der Waals surface area contributed by atoms with Crippen molar-refractivity contribution in [3.05, 3.63) is 60.4 Å². The van der Waals surface area contributed by atoms with Crippen LogP contribution in [-0.2, 0) is 11.3 Å². The first-order chi connectivity index (χ1) is 14.3. The van der Waals surface area contributed by atoms with Crippen molar-refractivity contribution in [2.75, 3.05) is 39.5 Å². The highest BCUT2D eigenvalue weighted by molar-refractivity contribution is 5.76. The number of piperidine rings is 1. The standard InChI is InChI=1S/C24H31N3O2/c1-2-28-18-16-26-14-12-20(13-15-26)24-25-22-10-6-7-11-23(22)27(24)17-19-29-21-8-4-3-5-9-21/h3-11,20H,2,12-19H2,1H3. The Morgan fingerprint density at radius 1 is 0.931 bits per heavy atom. The van der Waals surface area contributed by atoms with E-state index in [1.54, 1.807) is 0 Å². The van der Waals surface area contributed by atoms with Crippen LogP contribution in [0.25, 0.3) is 11.0 Å². The van der Waals surface area contributed by atoms with Gasteiger partial charge in [-0.3, -0.25) is 0 Å². The molecule has 1 aromatic heterocycles. The Labute approximate surface area is 173 Å². The summed E-state index contributed by atoms with van der Waals surface area (Å²) >= 11 is 0. The quantitative estimate of drug-likeness (QED) is 0.507. The monoisotopic (exact) mass is 393 g/mol. The lowest BCUT2D eigenvalue weighted by molar-refractivity contribution is 0.101. The molecule has 0 bridgehead atoms. The summed E-state index contributed by atoms with van der Waals surface area (Å²) in [5, 5.41) is 0. The van der Waals surface area contributed by atoms with Crippen LogP contribution in [0, 0.1) is 0 Å². The summed E-state index contributed by atoms with van der Waals surface area (Å²) in [5.41, 5.74) is 2.29. The molecule has 1 saturated heterocycles. The summed E-state index contributed by atoms with van der Waals surface area (Å²) in [6.45, 7) is 8.39. The first kappa shape index (κ1) is 19.9. The zero-order valence-corrected chi connectivity index (χ0v) is 17.3. The molecule has 2 heterocycles. The van der Waals surface area contributed by atoms with Crippen LogP contribution in [0.3, 0.4) is 0 Å². The van der Waals surface area contributed by atoms with Gasteiger partial charge in [0.1, 0.15) is 18.2 Å². The maximum Gasteiger partial charge on any atom is 0.119 e. The van der Waals surface area contributed by atoms with Gasteiger partial charge in [-0.05, 0) is 57.1 Å². The lowest BCUT2D eigenvalue weighted by Crippen LogP contribution is -2.36. The highest BCUT2D eigenvalue weighted by Crippen LogP contribution is 2.30. The van der Waals surface area contributed by atoms with E-state index in [0.717, 1.165) is 63.5 Å². The van der Waals surface area contributed by atoms with Gasteiger partial charge < -0.3 is 18.9 Å². The van der Waals surface area contributed by atoms with E-state index in [0.29, 0.717) is 12.5 Å². The Bertz CT molecular complexity index is 886. The van der Waals surface area contributed by atoms with Gasteiger partial charge in [0.15, 0.2) is 0 Å². The molecular formula is C24H31N3O2. The molecule has 29 heavy (non-hydrogen) atoms. The van der Waals surface area contributed by atoms with Crippen molar-refractivity contribution in [1.29, 1.82) is 0 Å². The number of rotatable bonds is 9. The van der Waals surface area contributed by atoms with Crippen LogP contribution in [0.2, 0.25) is 0 Å². The first-order valence-corrected chi connectivity index (χ1v) is 10.8. The van der Waals surface area contributed by atoms with E-state index in [4.69, 9.17) is 14.5 Å². The molecule has 0 amide bonds. The van der Waals surface area contributed by atoms with E-state index < -0.39 is 0 Å². The molecular weight excluding hydrogens is 362 g/mol. The average Bonchev–Trinajstić information content (AvgIpc) is 3.14. The summed E-state index contributed by atoms with van der Waals surface area (Å²) in [6.07, 6.45) is 2.30. The molecule has 0 atom stereocenters. The average molecular weight is 394 g/mol. The van der Waals surface area contributed by atoms with Gasteiger partial charge in [-0.25, -0.2) is 4.98 Å². The fraction of sp³-hybridized carbons (Fsp3) is 0.458. The van der Waals surface area contributed by atoms with Crippen molar-refractivity contribution in [2.24, 2.45) is 0 Å². The molecule has 1 aliphatic heterocycles. The lowest BCUT2D eigenvalue weighted by Gasteiger charge is -2.31. The van der Waals surface area contributed by atoms with E-state index in [1.807, 2.05) is 30.3 Å². The van der Waals surface area contributed by atoms with Gasteiger partial charge in [-0.2, -0.15) is 0 Å². The van der Waals surface area contributed by atoms with Crippen molar-refractivity contribution in [2.45, 2.75) is 32.2 Å². The van der Waals surface area contributed by atoms with E-state index >= 15 is 0 Å². The van der Waals surface area contributed by atoms with Crippen LogP contribution in [0.5, 0.6) is 5.75 Å². The third-order valence-corrected chi connectivity index (χ3v) is 5.72. The van der Waals surface area contributed by atoms with E-state index in [9.17, 15) is 0 Å². The Balaban J connectivity index is 1.44. The summed E-state index contributed by atoms with van der Waals surface area (Å²) in [4.78, 5) is 7.54. The van der Waals surface area contributed by atoms with Crippen LogP contribution in [-0.4, -0.2) is 53.9 Å². The molecule has 0 unspecified atom stereocenters. The third-order valence-electron chi connectivity index (χ3n) is 5.72. The van der Waals surface area contributed by atoms with Gasteiger partial charge in [0.2, 0.25) is 0 Å². The van der Waals surface area contributed by atoms with Crippen LogP contribution >= 0.6 is 0 Å². The number of benzene rings is 2. The highest BCUT2D eigenvalue weighted by atomic mass is 16.5. The number of likely N-dealkylation sites (tertiary alicyclic amines) is 1. The van der Waals surface area contributed by atoms with Crippen LogP contribution in [0.4, 0.5) is 0 Å². The van der Waals surface area contributed by atoms with Crippen molar-refractivity contribution in [3.8, 4) is 5.75 Å². The summed E-state index contributed by atoms with van der Waals surface area (Å²) < 4.78 is 13.9. The summed E-state index contributed by atoms with van der Waals surface area (Å²) in [5.74, 6) is 2.64. The minimum Gasteiger partial charge on any atom is -0.492 e. The van der Waals surface area contributed by atoms with Crippen molar-refractivity contribution < 1.29 is 9.47 Å². The predicted molar refractivity (Wildman–Crippen MR) is 117 cm³/mol. The summed E-state index contributed by atoms with van der Waals surface area (Å²) in [6, 6.07) is 18.5. The minimum atomic E-state index is 0.502. The number of fused-ring (bicyclic) bond motifs is 1. The molecule has 5 heteroatoms. The van der Waals surface area contributed by atoms with Gasteiger partial charge in [-0.1, -0.05) is 30.3 Å². The molecule has 4 rings (SSSR count). The largest absolute Gasteiger partial charge is 0.492 e. The maximum atomic E-state index is 5.97. The lowest BCUT2D eigenvalue weighted by atomic mass is 9.96. The van der Waals surface area contributed by atoms with Crippen LogP contribution < -0.4 is 4.74 Å². The maximum absolute atomic E-state index is 5.97. The predicted octanol–water partition coefficient (Wildman–Crippen LogP) is 4.33. The third kappa shape index (κ3) is 4.98. The second-order valence-electron chi connectivity index (χ2n) is 7.58. The van der Waals surface area contributed by atoms with Gasteiger partial charge in [0.25, 0.3) is 0 Å². The Morgan fingerprint density at radius 3 is 2.48 bits per heavy atom. The molecule has 0 aliphatic carbocycles. The van der Waals surface area contributed by atoms with Gasteiger partial charge in [-0.15, -0.1) is 0 Å². The number of para-hydroxylation sites is 3. The number of hydrogen-bond acceptors (Lipinski definition) is 4. The number of ether oxygens (including phenoxy) is 2. The Kier molecular flexibility index (Phi) is 6.80. The SMILES string of the molecule is CCOCCN1CCC(c2nc3ccccc3n2CCOc2ccccc2)CC1. The van der Waals surface area contributed by atoms with Crippen LogP contribution in [0.1, 0.15) is 31.5 Å². The first-order valence-electron chi connectivity index (χ1n) is 10.8. The summed E-state index contributed by atoms with van der Waals surface area (Å²) in [7, 11) is 0. The Morgan fingerprint density at radius 2 is 1.69 bits per heavy atom.